The number of halogens is 1. The molecule has 31 heavy (non-hydrogen) atoms. The van der Waals surface area contributed by atoms with E-state index in [1.807, 2.05) is 18.4 Å². The van der Waals surface area contributed by atoms with Gasteiger partial charge in [-0.25, -0.2) is 4.39 Å². The summed E-state index contributed by atoms with van der Waals surface area (Å²) in [7, 11) is 1.43. The lowest BCUT2D eigenvalue weighted by molar-refractivity contribution is 0.207. The van der Waals surface area contributed by atoms with Crippen LogP contribution in [0.25, 0.3) is 21.1 Å². The molecule has 1 unspecified atom stereocenters. The molecule has 5 rings (SSSR count). The summed E-state index contributed by atoms with van der Waals surface area (Å²) in [4.78, 5) is 32.3. The number of fused-ring (bicyclic) bond motifs is 2. The molecule has 0 bridgehead atoms. The fraction of sp³-hybridized carbons (Fsp3) is 0.476. The summed E-state index contributed by atoms with van der Waals surface area (Å²) in [5.41, 5.74) is 0.730. The Labute approximate surface area is 181 Å². The van der Waals surface area contributed by atoms with Crippen LogP contribution in [0.4, 0.5) is 10.1 Å². The van der Waals surface area contributed by atoms with Crippen molar-refractivity contribution < 1.29 is 14.3 Å². The van der Waals surface area contributed by atoms with Gasteiger partial charge in [-0.1, -0.05) is 19.0 Å². The molecule has 2 aromatic heterocycles. The van der Waals surface area contributed by atoms with Crippen molar-refractivity contribution in [2.45, 2.75) is 32.7 Å². The molecule has 2 N–H and O–H groups in total. The fourth-order valence-corrected chi connectivity index (χ4v) is 5.03. The van der Waals surface area contributed by atoms with Crippen LogP contribution in [-0.4, -0.2) is 46.6 Å². The van der Waals surface area contributed by atoms with Crippen LogP contribution in [0.15, 0.2) is 26.9 Å². The average Bonchev–Trinajstić information content (AvgIpc) is 3.42. The number of hydrogen-bond acceptors (Lipinski definition) is 7. The van der Waals surface area contributed by atoms with E-state index in [1.165, 1.54) is 13.2 Å². The second kappa shape index (κ2) is 8.43. The highest BCUT2D eigenvalue weighted by Gasteiger charge is 2.33. The van der Waals surface area contributed by atoms with Gasteiger partial charge >= 0.3 is 0 Å². The highest BCUT2D eigenvalue weighted by molar-refractivity contribution is 7.12. The molecule has 1 aliphatic heterocycles. The van der Waals surface area contributed by atoms with Gasteiger partial charge in [-0.3, -0.25) is 14.0 Å². The summed E-state index contributed by atoms with van der Waals surface area (Å²) in [5.74, 6) is -0.786. The van der Waals surface area contributed by atoms with Gasteiger partial charge in [0.2, 0.25) is 5.43 Å². The number of hydrogen-bond donors (Lipinski definition) is 2. The van der Waals surface area contributed by atoms with E-state index in [4.69, 9.17) is 4.84 Å². The van der Waals surface area contributed by atoms with Crippen molar-refractivity contribution >= 4 is 44.1 Å². The molecule has 8 nitrogen and oxygen atoms in total. The predicted octanol–water partition coefficient (Wildman–Crippen LogP) is 2.84. The zero-order chi connectivity index (χ0) is 22.3. The largest absolute Gasteiger partial charge is 0.399 e. The van der Waals surface area contributed by atoms with E-state index in [1.54, 1.807) is 11.0 Å². The van der Waals surface area contributed by atoms with Gasteiger partial charge in [0.1, 0.15) is 23.1 Å². The topological polar surface area (TPSA) is 99.9 Å². The Hall–Kier alpha value is -2.72. The van der Waals surface area contributed by atoms with E-state index in [2.05, 4.69) is 9.53 Å². The van der Waals surface area contributed by atoms with Crippen molar-refractivity contribution in [2.75, 3.05) is 31.7 Å². The minimum atomic E-state index is -0.543. The van der Waals surface area contributed by atoms with Gasteiger partial charge in [0, 0.05) is 23.9 Å². The number of oxime groups is 1. The monoisotopic (exact) mass is 448 g/mol. The summed E-state index contributed by atoms with van der Waals surface area (Å²) in [6, 6.07) is 3.10. The van der Waals surface area contributed by atoms with Gasteiger partial charge in [-0.2, -0.15) is 0 Å². The Morgan fingerprint density at radius 2 is 2.06 bits per heavy atom. The number of nitrogens with one attached hydrogen (secondary N) is 1. The molecule has 1 saturated carbocycles. The van der Waals surface area contributed by atoms with Gasteiger partial charge in [0.25, 0.3) is 5.56 Å². The lowest BCUT2D eigenvalue weighted by atomic mass is 10.1. The number of H-pyrrole nitrogens is 1. The molecule has 0 radical (unpaired) electrons. The van der Waals surface area contributed by atoms with E-state index in [0.717, 1.165) is 24.4 Å². The predicted molar refractivity (Wildman–Crippen MR) is 121 cm³/mol. The van der Waals surface area contributed by atoms with Crippen LogP contribution in [0.1, 0.15) is 32.7 Å². The lowest BCUT2D eigenvalue weighted by Gasteiger charge is -2.20. The van der Waals surface area contributed by atoms with Crippen LogP contribution >= 0.6 is 11.5 Å². The molecule has 10 heteroatoms. The number of aliphatic hydroxyl groups is 1. The Bertz CT molecular complexity index is 1270. The Morgan fingerprint density at radius 3 is 2.71 bits per heavy atom. The molecule has 0 spiro atoms. The van der Waals surface area contributed by atoms with Crippen molar-refractivity contribution in [1.82, 2.24) is 8.94 Å². The third kappa shape index (κ3) is 3.53. The second-order valence-electron chi connectivity index (χ2n) is 7.49. The molecule has 1 atom stereocenters. The quantitative estimate of drug-likeness (QED) is 0.598. The van der Waals surface area contributed by atoms with E-state index in [-0.39, 0.29) is 29.3 Å². The Balaban J connectivity index is 0.00000112. The minimum Gasteiger partial charge on any atom is -0.399 e. The molecule has 1 saturated heterocycles. The van der Waals surface area contributed by atoms with Crippen LogP contribution in [0.3, 0.4) is 0 Å². The minimum absolute atomic E-state index is 0.0950. The molecule has 1 aromatic carbocycles. The maximum absolute atomic E-state index is 15.1. The van der Waals surface area contributed by atoms with Gasteiger partial charge in [-0.05, 0) is 36.5 Å². The van der Waals surface area contributed by atoms with Crippen molar-refractivity contribution in [3.8, 4) is 0 Å². The highest BCUT2D eigenvalue weighted by Crippen LogP contribution is 2.41. The van der Waals surface area contributed by atoms with Gasteiger partial charge < -0.3 is 19.4 Å². The number of aliphatic hydroxyl groups excluding tert-OH is 1. The summed E-state index contributed by atoms with van der Waals surface area (Å²) in [6.07, 6.45) is 1.90. The lowest BCUT2D eigenvalue weighted by Crippen LogP contribution is -2.23. The van der Waals surface area contributed by atoms with Crippen molar-refractivity contribution in [3.63, 3.8) is 0 Å². The molecule has 2 aliphatic rings. The summed E-state index contributed by atoms with van der Waals surface area (Å²) in [6.45, 7) is 4.61. The van der Waals surface area contributed by atoms with Crippen LogP contribution in [0.2, 0.25) is 0 Å². The molecule has 1 aliphatic carbocycles. The normalized spacial score (nSPS) is 19.8. The summed E-state index contributed by atoms with van der Waals surface area (Å²) < 4.78 is 19.7. The van der Waals surface area contributed by atoms with Gasteiger partial charge in [0.15, 0.2) is 0 Å². The van der Waals surface area contributed by atoms with Crippen LogP contribution in [-0.2, 0) is 4.84 Å². The first kappa shape index (κ1) is 21.5. The third-order valence-corrected chi connectivity index (χ3v) is 6.52. The smallest absolute Gasteiger partial charge is 0.271 e. The average molecular weight is 449 g/mol. The maximum atomic E-state index is 15.1. The van der Waals surface area contributed by atoms with E-state index in [0.29, 0.717) is 34.8 Å². The number of benzene rings is 1. The zero-order valence-electron chi connectivity index (χ0n) is 17.6. The number of aromatic nitrogens is 2. The van der Waals surface area contributed by atoms with Crippen LogP contribution in [0.5, 0.6) is 0 Å². The summed E-state index contributed by atoms with van der Waals surface area (Å²) in [5, 5.41) is 13.9. The molecule has 2 fully saturated rings. The first-order valence-corrected chi connectivity index (χ1v) is 11.2. The van der Waals surface area contributed by atoms with Crippen molar-refractivity contribution in [3.05, 3.63) is 38.5 Å². The second-order valence-corrected chi connectivity index (χ2v) is 8.28. The van der Waals surface area contributed by atoms with Crippen molar-refractivity contribution in [1.29, 1.82) is 0 Å². The molecule has 166 valence electrons. The van der Waals surface area contributed by atoms with Crippen LogP contribution in [0, 0.1) is 11.7 Å². The first-order valence-electron chi connectivity index (χ1n) is 10.4. The first-order chi connectivity index (χ1) is 15.0. The van der Waals surface area contributed by atoms with E-state index in [9.17, 15) is 14.7 Å². The summed E-state index contributed by atoms with van der Waals surface area (Å²) >= 11 is 1.14. The van der Waals surface area contributed by atoms with E-state index < -0.39 is 16.8 Å². The number of anilines is 1. The van der Waals surface area contributed by atoms with Crippen molar-refractivity contribution in [2.24, 2.45) is 11.1 Å². The molecular formula is C21H25FN4O4S. The third-order valence-electron chi connectivity index (χ3n) is 5.64. The SMILES string of the molecule is CC.CO/N=C1\CN(c2cc3c(cc2F)c(=O)c2c(=O)[nH]sc2n3C2CC2)CC1CO. The van der Waals surface area contributed by atoms with E-state index >= 15 is 4.39 Å². The zero-order valence-corrected chi connectivity index (χ0v) is 18.5. The number of rotatable bonds is 4. The number of aromatic amines is 1. The Morgan fingerprint density at radius 1 is 1.32 bits per heavy atom. The van der Waals surface area contributed by atoms with Gasteiger partial charge in [0.05, 0.1) is 30.1 Å². The Kier molecular flexibility index (Phi) is 5.85. The number of nitrogens with zero attached hydrogens (tertiary/aromatic N) is 3. The van der Waals surface area contributed by atoms with Crippen LogP contribution < -0.4 is 15.9 Å². The highest BCUT2D eigenvalue weighted by atomic mass is 32.1. The molecule has 0 amide bonds. The number of pyridine rings is 1. The molecule has 3 aromatic rings. The molecular weight excluding hydrogens is 423 g/mol. The maximum Gasteiger partial charge on any atom is 0.271 e. The fourth-order valence-electron chi connectivity index (χ4n) is 4.11. The molecule has 3 heterocycles. The van der Waals surface area contributed by atoms with Gasteiger partial charge in [-0.15, -0.1) is 0 Å². The standard InChI is InChI=1S/C19H19FN4O4S.C2H6/c1-28-21-13-7-23(6-9(13)8-25)15-5-14-11(4-12(15)20)17(26)16-18(27)22-29-19(16)24(14)10-2-3-10;1-2/h4-5,9-10,25H,2-3,6-8H2,1H3,(H,22,27);1-2H3/b21-13+;.